The maximum absolute atomic E-state index is 12.7. The van der Waals surface area contributed by atoms with Gasteiger partial charge in [0, 0.05) is 32.1 Å². The van der Waals surface area contributed by atoms with Crippen LogP contribution in [0.4, 0.5) is 0 Å². The zero-order valence-electron chi connectivity index (χ0n) is 16.3. The lowest BCUT2D eigenvalue weighted by Gasteiger charge is -2.39. The summed E-state index contributed by atoms with van der Waals surface area (Å²) in [6.45, 7) is 10.0. The van der Waals surface area contributed by atoms with Crippen LogP contribution in [-0.4, -0.2) is 67.0 Å². The summed E-state index contributed by atoms with van der Waals surface area (Å²) in [5.41, 5.74) is 1.10. The van der Waals surface area contributed by atoms with Crippen LogP contribution in [0.2, 0.25) is 0 Å². The molecule has 2 heterocycles. The molecule has 27 heavy (non-hydrogen) atoms. The van der Waals surface area contributed by atoms with Gasteiger partial charge in [-0.2, -0.15) is 0 Å². The van der Waals surface area contributed by atoms with Gasteiger partial charge in [0.1, 0.15) is 5.75 Å². The number of amides is 2. The molecule has 7 heteroatoms. The second-order valence-electron chi connectivity index (χ2n) is 7.43. The van der Waals surface area contributed by atoms with Crippen molar-refractivity contribution in [2.45, 2.75) is 26.9 Å². The molecular formula is C20H30ClN3O3. The van der Waals surface area contributed by atoms with Gasteiger partial charge >= 0.3 is 0 Å². The number of carbonyl (C=O) groups excluding carboxylic acids is 2. The second kappa shape index (κ2) is 9.42. The van der Waals surface area contributed by atoms with Crippen molar-refractivity contribution in [2.24, 2.45) is 11.8 Å². The van der Waals surface area contributed by atoms with Crippen molar-refractivity contribution in [3.05, 3.63) is 29.8 Å². The van der Waals surface area contributed by atoms with Crippen LogP contribution in [0.5, 0.6) is 5.75 Å². The minimum Gasteiger partial charge on any atom is -0.481 e. The highest BCUT2D eigenvalue weighted by Gasteiger charge is 2.34. The molecule has 6 nitrogen and oxygen atoms in total. The molecule has 3 rings (SSSR count). The summed E-state index contributed by atoms with van der Waals surface area (Å²) in [6.07, 6.45) is -0.529. The Bertz CT molecular complexity index is 658. The van der Waals surface area contributed by atoms with Crippen molar-refractivity contribution >= 4 is 24.2 Å². The van der Waals surface area contributed by atoms with E-state index < -0.39 is 6.10 Å². The van der Waals surface area contributed by atoms with E-state index in [9.17, 15) is 9.59 Å². The highest BCUT2D eigenvalue weighted by atomic mass is 35.5. The molecule has 0 saturated carbocycles. The van der Waals surface area contributed by atoms with Crippen LogP contribution < -0.4 is 10.1 Å². The number of benzene rings is 1. The van der Waals surface area contributed by atoms with E-state index in [0.717, 1.165) is 18.7 Å². The van der Waals surface area contributed by atoms with Crippen LogP contribution in [0.25, 0.3) is 0 Å². The summed E-state index contributed by atoms with van der Waals surface area (Å²) in [4.78, 5) is 28.9. The number of ether oxygens (including phenoxy) is 1. The minimum atomic E-state index is -0.529. The quantitative estimate of drug-likeness (QED) is 0.824. The van der Waals surface area contributed by atoms with E-state index in [1.807, 2.05) is 43.0 Å². The third-order valence-electron chi connectivity index (χ3n) is 5.46. The average molecular weight is 396 g/mol. The Labute approximate surface area is 167 Å². The third-order valence-corrected chi connectivity index (χ3v) is 5.46. The van der Waals surface area contributed by atoms with Gasteiger partial charge in [0.2, 0.25) is 5.91 Å². The lowest BCUT2D eigenvalue weighted by atomic mass is 9.88. The fourth-order valence-corrected chi connectivity index (χ4v) is 3.50. The molecule has 2 fully saturated rings. The number of rotatable bonds is 5. The molecule has 2 saturated heterocycles. The van der Waals surface area contributed by atoms with Crippen molar-refractivity contribution in [3.8, 4) is 5.75 Å². The van der Waals surface area contributed by atoms with Crippen LogP contribution >= 0.6 is 12.4 Å². The fourth-order valence-electron chi connectivity index (χ4n) is 3.50. The molecule has 1 aromatic rings. The van der Waals surface area contributed by atoms with E-state index in [-0.39, 0.29) is 30.1 Å². The summed E-state index contributed by atoms with van der Waals surface area (Å²) in [5.74, 6) is 1.41. The van der Waals surface area contributed by atoms with Crippen LogP contribution in [0.1, 0.15) is 19.4 Å². The van der Waals surface area contributed by atoms with Gasteiger partial charge in [-0.1, -0.05) is 19.1 Å². The van der Waals surface area contributed by atoms with E-state index >= 15 is 0 Å². The molecule has 2 unspecified atom stereocenters. The summed E-state index contributed by atoms with van der Waals surface area (Å²) in [5, 5.41) is 3.22. The van der Waals surface area contributed by atoms with Gasteiger partial charge in [-0.15, -0.1) is 12.4 Å². The van der Waals surface area contributed by atoms with Gasteiger partial charge in [-0.05, 0) is 50.6 Å². The third kappa shape index (κ3) is 5.14. The Hall–Kier alpha value is -1.79. The van der Waals surface area contributed by atoms with Crippen LogP contribution in [-0.2, 0) is 9.59 Å². The van der Waals surface area contributed by atoms with Crippen LogP contribution in [0.15, 0.2) is 24.3 Å². The predicted molar refractivity (Wildman–Crippen MR) is 107 cm³/mol. The van der Waals surface area contributed by atoms with Crippen LogP contribution in [0, 0.1) is 18.8 Å². The maximum atomic E-state index is 12.7. The van der Waals surface area contributed by atoms with Crippen molar-refractivity contribution < 1.29 is 14.3 Å². The molecule has 0 aromatic heterocycles. The van der Waals surface area contributed by atoms with Crippen LogP contribution in [0.3, 0.4) is 0 Å². The minimum absolute atomic E-state index is 0. The topological polar surface area (TPSA) is 61.9 Å². The second-order valence-corrected chi connectivity index (χ2v) is 7.43. The summed E-state index contributed by atoms with van der Waals surface area (Å²) < 4.78 is 5.80. The van der Waals surface area contributed by atoms with Gasteiger partial charge in [0.25, 0.3) is 5.91 Å². The number of hydrogen-bond donors (Lipinski definition) is 1. The number of piperazine rings is 1. The first-order chi connectivity index (χ1) is 12.5. The summed E-state index contributed by atoms with van der Waals surface area (Å²) in [7, 11) is 0. The summed E-state index contributed by atoms with van der Waals surface area (Å²) in [6, 6.07) is 7.71. The number of carbonyl (C=O) groups is 2. The van der Waals surface area contributed by atoms with E-state index in [2.05, 4.69) is 5.32 Å². The first-order valence-corrected chi connectivity index (χ1v) is 9.47. The Morgan fingerprint density at radius 1 is 1.07 bits per heavy atom. The van der Waals surface area contributed by atoms with Gasteiger partial charge in [-0.3, -0.25) is 9.59 Å². The van der Waals surface area contributed by atoms with Crippen molar-refractivity contribution in [3.63, 3.8) is 0 Å². The Morgan fingerprint density at radius 2 is 1.67 bits per heavy atom. The molecule has 150 valence electrons. The number of hydrogen-bond acceptors (Lipinski definition) is 4. The van der Waals surface area contributed by atoms with Gasteiger partial charge in [0.05, 0.1) is 0 Å². The molecule has 1 N–H and O–H groups in total. The molecule has 2 atom stereocenters. The number of halogens is 1. The normalized spacial score (nSPS) is 19.5. The van der Waals surface area contributed by atoms with Gasteiger partial charge in [0.15, 0.2) is 6.10 Å². The van der Waals surface area contributed by atoms with Crippen molar-refractivity contribution in [1.82, 2.24) is 15.1 Å². The lowest BCUT2D eigenvalue weighted by molar-refractivity contribution is -0.146. The largest absolute Gasteiger partial charge is 0.481 e. The molecule has 2 aliphatic rings. The molecule has 2 amide bonds. The standard InChI is InChI=1S/C20H29N3O3.ClH/c1-14-5-4-6-18(11-14)26-16(3)20(25)23-9-7-22(8-10-23)19(24)15(2)17-12-21-13-17;/h4-6,11,15-17,21H,7-10,12-13H2,1-3H3;1H. The van der Waals surface area contributed by atoms with E-state index in [1.54, 1.807) is 11.8 Å². The first kappa shape index (κ1) is 21.5. The van der Waals surface area contributed by atoms with E-state index in [1.165, 1.54) is 0 Å². The number of nitrogens with one attached hydrogen (secondary N) is 1. The molecule has 0 aliphatic carbocycles. The summed E-state index contributed by atoms with van der Waals surface area (Å²) >= 11 is 0. The Morgan fingerprint density at radius 3 is 2.19 bits per heavy atom. The molecule has 2 aliphatic heterocycles. The van der Waals surface area contributed by atoms with E-state index in [0.29, 0.717) is 37.8 Å². The predicted octanol–water partition coefficient (Wildman–Crippen LogP) is 1.71. The van der Waals surface area contributed by atoms with Gasteiger partial charge in [-0.25, -0.2) is 0 Å². The molecule has 1 aromatic carbocycles. The molecular weight excluding hydrogens is 366 g/mol. The lowest BCUT2D eigenvalue weighted by Crippen LogP contribution is -2.56. The first-order valence-electron chi connectivity index (χ1n) is 9.47. The monoisotopic (exact) mass is 395 g/mol. The maximum Gasteiger partial charge on any atom is 0.263 e. The molecule has 0 radical (unpaired) electrons. The molecule has 0 bridgehead atoms. The average Bonchev–Trinajstić information content (AvgIpc) is 2.59. The van der Waals surface area contributed by atoms with Crippen molar-refractivity contribution in [1.29, 1.82) is 0 Å². The fraction of sp³-hybridized carbons (Fsp3) is 0.600. The van der Waals surface area contributed by atoms with Crippen molar-refractivity contribution in [2.75, 3.05) is 39.3 Å². The Kier molecular flexibility index (Phi) is 7.50. The highest BCUT2D eigenvalue weighted by Crippen LogP contribution is 2.20. The number of nitrogens with zero attached hydrogens (tertiary/aromatic N) is 2. The van der Waals surface area contributed by atoms with E-state index in [4.69, 9.17) is 4.74 Å². The Balaban J connectivity index is 0.00000261. The molecule has 0 spiro atoms. The number of aryl methyl sites for hydroxylation is 1. The SMILES string of the molecule is Cc1cccc(OC(C)C(=O)N2CCN(C(=O)C(C)C3CNC3)CC2)c1.Cl. The highest BCUT2D eigenvalue weighted by molar-refractivity contribution is 5.85. The van der Waals surface area contributed by atoms with Gasteiger partial charge < -0.3 is 19.9 Å². The zero-order chi connectivity index (χ0) is 18.7. The smallest absolute Gasteiger partial charge is 0.263 e. The zero-order valence-corrected chi connectivity index (χ0v) is 17.1.